The van der Waals surface area contributed by atoms with Gasteiger partial charge in [-0.2, -0.15) is 0 Å². The molecular formula is C138H92N6O4. The Morgan fingerprint density at radius 3 is 0.872 bits per heavy atom. The van der Waals surface area contributed by atoms with Gasteiger partial charge in [0.15, 0.2) is 16.7 Å². The molecule has 0 atom stereocenters. The monoisotopic (exact) mass is 1900 g/mol. The van der Waals surface area contributed by atoms with Crippen LogP contribution in [0.5, 0.6) is 0 Å². The number of rotatable bonds is 16. The number of hydrogen-bond acceptors (Lipinski definition) is 10. The number of furan rings is 1. The van der Waals surface area contributed by atoms with Gasteiger partial charge in [-0.3, -0.25) is 0 Å². The molecule has 4 heterocycles. The summed E-state index contributed by atoms with van der Waals surface area (Å²) in [5.41, 5.74) is 33.9. The second-order valence-electron chi connectivity index (χ2n) is 38.4. The largest absolute Gasteiger partial charge is 0.456 e. The van der Waals surface area contributed by atoms with Crippen LogP contribution in [-0.4, -0.2) is 15.0 Å². The average molecular weight is 1900 g/mol. The molecule has 0 unspecified atom stereocenters. The molecule has 0 amide bonds. The standard InChI is InChI=1S/C48H34N2O.C45H28N2O2.C45H30N2O/c1-48(2)42-16-10-9-15-39(42)40-27-26-38(30-43(40)48)50(36-23-19-32(20-24-36)31-11-5-3-6-12-31)37-25-21-33-17-18-34-22-28-44-46(45(34)41(33)29-37)51-47(49-44)35-13-7-4-8-14-35;1-3-9-29(10-4-1)30-17-21-34(22-18-30)47(36-24-25-38-37-13-7-8-14-41(37)48-42(38)28-36)35-23-19-31-15-16-32-20-26-40-44(43(32)39(31)27-35)49-45(46-40)33-11-5-2-6-12-33;1-4-11-31(12-5-1)33-21-25-38(26-22-33)47(39-18-10-17-37(29-39)32-13-6-2-7-14-32)40-27-23-34-19-20-35-24-28-42-44(43(35)41(34)30-40)48-45(46-42)36-15-8-3-9-16-36/h3-30H,1-2H3;1-28H;1-30H. The summed E-state index contributed by atoms with van der Waals surface area (Å²) < 4.78 is 26.0. The van der Waals surface area contributed by atoms with E-state index in [1.54, 1.807) is 0 Å². The highest BCUT2D eigenvalue weighted by Gasteiger charge is 2.36. The van der Waals surface area contributed by atoms with Crippen LogP contribution in [0.2, 0.25) is 0 Å². The highest BCUT2D eigenvalue weighted by molar-refractivity contribution is 6.22. The number of fused-ring (bicyclic) bond motifs is 21. The van der Waals surface area contributed by atoms with E-state index in [1.807, 2.05) is 115 Å². The third kappa shape index (κ3) is 15.9. The summed E-state index contributed by atoms with van der Waals surface area (Å²) in [6.45, 7) is 4.68. The molecule has 28 aromatic rings. The lowest BCUT2D eigenvalue weighted by Crippen LogP contribution is -2.16. The van der Waals surface area contributed by atoms with Crippen molar-refractivity contribution in [2.24, 2.45) is 0 Å². The molecule has 0 radical (unpaired) electrons. The Hall–Kier alpha value is -19.6. The van der Waals surface area contributed by atoms with E-state index in [-0.39, 0.29) is 5.41 Å². The van der Waals surface area contributed by atoms with Crippen molar-refractivity contribution in [2.45, 2.75) is 19.3 Å². The minimum Gasteiger partial charge on any atom is -0.456 e. The van der Waals surface area contributed by atoms with Crippen molar-refractivity contribution >= 4 is 171 Å². The van der Waals surface area contributed by atoms with Gasteiger partial charge in [0.2, 0.25) is 17.7 Å². The zero-order valence-electron chi connectivity index (χ0n) is 81.0. The van der Waals surface area contributed by atoms with Crippen LogP contribution in [0.25, 0.3) is 210 Å². The summed E-state index contributed by atoms with van der Waals surface area (Å²) in [6.07, 6.45) is 0. The first-order valence-electron chi connectivity index (χ1n) is 50.2. The number of benzene rings is 24. The molecule has 1 aliphatic carbocycles. The van der Waals surface area contributed by atoms with Crippen LogP contribution in [-0.2, 0) is 5.41 Å². The van der Waals surface area contributed by atoms with Crippen molar-refractivity contribution in [3.8, 4) is 90.0 Å². The van der Waals surface area contributed by atoms with Crippen LogP contribution in [0.3, 0.4) is 0 Å². The molecule has 0 N–H and O–H groups in total. The predicted molar refractivity (Wildman–Crippen MR) is 614 cm³/mol. The molecule has 148 heavy (non-hydrogen) atoms. The molecule has 0 saturated carbocycles. The molecule has 4 aromatic heterocycles. The average Bonchev–Trinajstić information content (AvgIpc) is 1.59. The maximum atomic E-state index is 6.58. The fraction of sp³-hybridized carbons (Fsp3) is 0.0217. The molecular weight excluding hydrogens is 1810 g/mol. The second-order valence-corrected chi connectivity index (χ2v) is 38.4. The first-order valence-corrected chi connectivity index (χ1v) is 50.2. The fourth-order valence-electron chi connectivity index (χ4n) is 21.8. The highest BCUT2D eigenvalue weighted by Crippen LogP contribution is 2.53. The number of para-hydroxylation sites is 1. The lowest BCUT2D eigenvalue weighted by atomic mass is 9.82. The van der Waals surface area contributed by atoms with Gasteiger partial charge in [0.05, 0.1) is 0 Å². The minimum absolute atomic E-state index is 0.112. The molecule has 0 spiro atoms. The van der Waals surface area contributed by atoms with E-state index in [1.165, 1.54) is 66.8 Å². The zero-order chi connectivity index (χ0) is 98.3. The van der Waals surface area contributed by atoms with Crippen molar-refractivity contribution < 1.29 is 17.7 Å². The number of nitrogens with zero attached hydrogens (tertiary/aromatic N) is 6. The quantitative estimate of drug-likeness (QED) is 0.0870. The van der Waals surface area contributed by atoms with E-state index < -0.39 is 0 Å². The van der Waals surface area contributed by atoms with Crippen LogP contribution in [0.1, 0.15) is 25.0 Å². The Morgan fingerprint density at radius 1 is 0.176 bits per heavy atom. The van der Waals surface area contributed by atoms with Crippen LogP contribution in [0.15, 0.2) is 539 Å². The van der Waals surface area contributed by atoms with E-state index in [2.05, 4.69) is 435 Å². The van der Waals surface area contributed by atoms with Crippen molar-refractivity contribution in [2.75, 3.05) is 14.7 Å². The van der Waals surface area contributed by atoms with Gasteiger partial charge in [0.25, 0.3) is 0 Å². The topological polar surface area (TPSA) is 101 Å². The Balaban J connectivity index is 0.000000110. The Labute approximate surface area is 854 Å². The van der Waals surface area contributed by atoms with Gasteiger partial charge in [-0.15, -0.1) is 0 Å². The Morgan fingerprint density at radius 2 is 0.459 bits per heavy atom. The zero-order valence-corrected chi connectivity index (χ0v) is 81.0. The van der Waals surface area contributed by atoms with Crippen LogP contribution in [0.4, 0.5) is 51.2 Å². The summed E-state index contributed by atoms with van der Waals surface area (Å²) in [5.74, 6) is 1.88. The molecule has 10 heteroatoms. The van der Waals surface area contributed by atoms with E-state index >= 15 is 0 Å². The number of aromatic nitrogens is 3. The number of oxazole rings is 3. The predicted octanol–water partition coefficient (Wildman–Crippen LogP) is 38.7. The first kappa shape index (κ1) is 87.5. The summed E-state index contributed by atoms with van der Waals surface area (Å²) in [6, 6.07) is 184. The molecule has 0 saturated heterocycles. The SMILES string of the molecule is CC1(C)c2ccccc2-c2ccc(N(c3ccc(-c4ccccc4)cc3)c3ccc4ccc5ccc6nc(-c7ccccc7)oc6c5c4c3)cc21.c1ccc(-c2ccc(N(c3ccc4c(c3)oc3ccccc34)c3ccc4ccc5ccc6nc(-c7ccccc7)oc6c5c4c3)cc2)cc1.c1ccc(-c2ccc(N(c3cccc(-c4ccccc4)c3)c3ccc4ccc5ccc6nc(-c7ccccc7)oc6c5c4c3)cc2)cc1. The van der Waals surface area contributed by atoms with Gasteiger partial charge in [-0.1, -0.05) is 360 Å². The van der Waals surface area contributed by atoms with Gasteiger partial charge in [0, 0.05) is 106 Å². The second kappa shape index (κ2) is 36.8. The summed E-state index contributed by atoms with van der Waals surface area (Å²) >= 11 is 0. The van der Waals surface area contributed by atoms with Gasteiger partial charge < -0.3 is 32.4 Å². The molecule has 29 rings (SSSR count). The van der Waals surface area contributed by atoms with E-state index in [4.69, 9.17) is 32.6 Å². The lowest BCUT2D eigenvalue weighted by Gasteiger charge is -2.28. The van der Waals surface area contributed by atoms with E-state index in [9.17, 15) is 0 Å². The van der Waals surface area contributed by atoms with Crippen LogP contribution in [0, 0.1) is 0 Å². The highest BCUT2D eigenvalue weighted by atomic mass is 16.4. The first-order chi connectivity index (χ1) is 73.1. The maximum absolute atomic E-state index is 6.58. The molecule has 24 aromatic carbocycles. The van der Waals surface area contributed by atoms with Gasteiger partial charge in [-0.25, -0.2) is 15.0 Å². The van der Waals surface area contributed by atoms with Gasteiger partial charge in [-0.05, 0) is 285 Å². The molecule has 0 aliphatic heterocycles. The van der Waals surface area contributed by atoms with Gasteiger partial charge in [0.1, 0.15) is 27.7 Å². The molecule has 10 nitrogen and oxygen atoms in total. The van der Waals surface area contributed by atoms with Crippen molar-refractivity contribution in [1.29, 1.82) is 0 Å². The lowest BCUT2D eigenvalue weighted by molar-refractivity contribution is 0.623. The van der Waals surface area contributed by atoms with Crippen molar-refractivity contribution in [3.63, 3.8) is 0 Å². The fourth-order valence-corrected chi connectivity index (χ4v) is 21.8. The summed E-state index contributed by atoms with van der Waals surface area (Å²) in [7, 11) is 0. The number of hydrogen-bond donors (Lipinski definition) is 0. The third-order valence-electron chi connectivity index (χ3n) is 29.2. The third-order valence-corrected chi connectivity index (χ3v) is 29.2. The van der Waals surface area contributed by atoms with E-state index in [0.717, 1.165) is 188 Å². The van der Waals surface area contributed by atoms with Crippen LogP contribution >= 0.6 is 0 Å². The molecule has 0 bridgehead atoms. The van der Waals surface area contributed by atoms with Crippen molar-refractivity contribution in [3.05, 3.63) is 533 Å². The molecule has 1 aliphatic rings. The Kier molecular flexibility index (Phi) is 21.7. The van der Waals surface area contributed by atoms with Gasteiger partial charge >= 0.3 is 0 Å². The smallest absolute Gasteiger partial charge is 0.227 e. The van der Waals surface area contributed by atoms with E-state index in [0.29, 0.717) is 17.7 Å². The molecule has 0 fully saturated rings. The maximum Gasteiger partial charge on any atom is 0.227 e. The normalized spacial score (nSPS) is 12.0. The summed E-state index contributed by atoms with van der Waals surface area (Å²) in [5, 5.41) is 15.6. The Bertz CT molecular complexity index is 9930. The molecule has 698 valence electrons. The number of anilines is 9. The minimum atomic E-state index is -0.112. The summed E-state index contributed by atoms with van der Waals surface area (Å²) in [4.78, 5) is 21.7. The van der Waals surface area contributed by atoms with Crippen LogP contribution < -0.4 is 14.7 Å². The van der Waals surface area contributed by atoms with Crippen molar-refractivity contribution in [1.82, 2.24) is 15.0 Å².